The molecule has 0 radical (unpaired) electrons. The maximum Gasteiger partial charge on any atom is 0.270 e. The fourth-order valence-electron chi connectivity index (χ4n) is 2.67. The lowest BCUT2D eigenvalue weighted by molar-refractivity contribution is -0.113. The van der Waals surface area contributed by atoms with Crippen molar-refractivity contribution in [2.45, 2.75) is 26.9 Å². The van der Waals surface area contributed by atoms with Crippen LogP contribution in [0.1, 0.15) is 26.3 Å². The van der Waals surface area contributed by atoms with Crippen molar-refractivity contribution in [1.82, 2.24) is 0 Å². The van der Waals surface area contributed by atoms with Crippen LogP contribution in [0, 0.1) is 0 Å². The van der Waals surface area contributed by atoms with Gasteiger partial charge in [-0.15, -0.1) is 0 Å². The van der Waals surface area contributed by atoms with Gasteiger partial charge < -0.3 is 9.47 Å². The van der Waals surface area contributed by atoms with E-state index in [0.717, 1.165) is 15.7 Å². The van der Waals surface area contributed by atoms with Crippen LogP contribution in [0.2, 0.25) is 0 Å². The van der Waals surface area contributed by atoms with Gasteiger partial charge in [0.2, 0.25) is 0 Å². The van der Waals surface area contributed by atoms with E-state index in [-0.39, 0.29) is 12.0 Å². The Morgan fingerprint density at radius 2 is 1.89 bits per heavy atom. The minimum atomic E-state index is -0.127. The van der Waals surface area contributed by atoms with Crippen LogP contribution in [0.4, 0.5) is 5.69 Å². The van der Waals surface area contributed by atoms with Crippen LogP contribution in [0.5, 0.6) is 11.5 Å². The number of halogens is 1. The molecule has 0 unspecified atom stereocenters. The molecule has 0 N–H and O–H groups in total. The number of carbonyl (C=O) groups excluding carboxylic acids is 1. The molecule has 0 aliphatic carbocycles. The number of hydrogen-bond acceptors (Lipinski definition) is 5. The van der Waals surface area contributed by atoms with Gasteiger partial charge in [-0.05, 0) is 68.8 Å². The van der Waals surface area contributed by atoms with Gasteiger partial charge in [0.15, 0.2) is 15.8 Å². The van der Waals surface area contributed by atoms with Crippen LogP contribution < -0.4 is 14.4 Å². The summed E-state index contributed by atoms with van der Waals surface area (Å²) < 4.78 is 13.0. The second kappa shape index (κ2) is 9.11. The van der Waals surface area contributed by atoms with Gasteiger partial charge in [-0.25, -0.2) is 0 Å². The Morgan fingerprint density at radius 3 is 2.54 bits per heavy atom. The summed E-state index contributed by atoms with van der Waals surface area (Å²) in [5.74, 6) is 1.22. The number of hydrogen-bond donors (Lipinski definition) is 0. The van der Waals surface area contributed by atoms with Crippen LogP contribution in [-0.2, 0) is 4.79 Å². The SMILES string of the molecule is CCOc1cc(/C=C2/SC(=S)N(c3ccc(Br)cc3)C2=O)ccc1OC(C)C. The summed E-state index contributed by atoms with van der Waals surface area (Å²) >= 11 is 10.1. The van der Waals surface area contributed by atoms with Crippen molar-refractivity contribution in [2.75, 3.05) is 11.5 Å². The van der Waals surface area contributed by atoms with Crippen molar-refractivity contribution in [3.05, 3.63) is 57.4 Å². The maximum absolute atomic E-state index is 12.9. The average molecular weight is 478 g/mol. The Balaban J connectivity index is 1.89. The van der Waals surface area contributed by atoms with Crippen molar-refractivity contribution in [3.8, 4) is 11.5 Å². The Hall–Kier alpha value is -1.83. The van der Waals surface area contributed by atoms with E-state index in [9.17, 15) is 4.79 Å². The molecule has 28 heavy (non-hydrogen) atoms. The third-order valence-corrected chi connectivity index (χ3v) is 5.64. The van der Waals surface area contributed by atoms with E-state index in [4.69, 9.17) is 21.7 Å². The van der Waals surface area contributed by atoms with Crippen LogP contribution in [0.15, 0.2) is 51.8 Å². The van der Waals surface area contributed by atoms with E-state index in [0.29, 0.717) is 27.3 Å². The zero-order valence-corrected chi connectivity index (χ0v) is 19.0. The van der Waals surface area contributed by atoms with E-state index in [2.05, 4.69) is 15.9 Å². The number of rotatable bonds is 6. The lowest BCUT2D eigenvalue weighted by Gasteiger charge is -2.15. The highest BCUT2D eigenvalue weighted by molar-refractivity contribution is 9.10. The van der Waals surface area contributed by atoms with Gasteiger partial charge in [-0.3, -0.25) is 9.69 Å². The minimum Gasteiger partial charge on any atom is -0.490 e. The maximum atomic E-state index is 12.9. The Labute approximate surface area is 183 Å². The topological polar surface area (TPSA) is 38.8 Å². The lowest BCUT2D eigenvalue weighted by atomic mass is 10.1. The van der Waals surface area contributed by atoms with Crippen LogP contribution in [-0.4, -0.2) is 22.9 Å². The van der Waals surface area contributed by atoms with Crippen molar-refractivity contribution >= 4 is 61.9 Å². The molecule has 146 valence electrons. The third-order valence-electron chi connectivity index (χ3n) is 3.81. The van der Waals surface area contributed by atoms with Crippen LogP contribution >= 0.6 is 39.9 Å². The molecule has 1 heterocycles. The summed E-state index contributed by atoms with van der Waals surface area (Å²) in [5.41, 5.74) is 1.61. The van der Waals surface area contributed by atoms with Gasteiger partial charge in [0, 0.05) is 4.47 Å². The first-order chi connectivity index (χ1) is 13.4. The monoisotopic (exact) mass is 477 g/mol. The van der Waals surface area contributed by atoms with Crippen molar-refractivity contribution in [2.24, 2.45) is 0 Å². The summed E-state index contributed by atoms with van der Waals surface area (Å²) in [6.07, 6.45) is 1.88. The fourth-order valence-corrected chi connectivity index (χ4v) is 4.23. The quantitative estimate of drug-likeness (QED) is 0.374. The molecule has 1 saturated heterocycles. The van der Waals surface area contributed by atoms with E-state index < -0.39 is 0 Å². The van der Waals surface area contributed by atoms with Gasteiger partial charge in [-0.1, -0.05) is 46.0 Å². The highest BCUT2D eigenvalue weighted by atomic mass is 79.9. The second-order valence-corrected chi connectivity index (χ2v) is 8.89. The predicted molar refractivity (Wildman–Crippen MR) is 123 cm³/mol. The highest BCUT2D eigenvalue weighted by Gasteiger charge is 2.33. The molecular formula is C21H20BrNO3S2. The van der Waals surface area contributed by atoms with E-state index in [1.807, 2.05) is 69.3 Å². The first-order valence-corrected chi connectivity index (χ1v) is 10.9. The van der Waals surface area contributed by atoms with Crippen molar-refractivity contribution in [3.63, 3.8) is 0 Å². The summed E-state index contributed by atoms with van der Waals surface area (Å²) in [4.78, 5) is 15.0. The molecule has 1 aliphatic rings. The molecule has 2 aromatic rings. The summed E-state index contributed by atoms with van der Waals surface area (Å²) in [7, 11) is 0. The summed E-state index contributed by atoms with van der Waals surface area (Å²) in [6, 6.07) is 13.2. The van der Waals surface area contributed by atoms with E-state index in [1.165, 1.54) is 11.8 Å². The van der Waals surface area contributed by atoms with Crippen molar-refractivity contribution < 1.29 is 14.3 Å². The van der Waals surface area contributed by atoms with Crippen molar-refractivity contribution in [1.29, 1.82) is 0 Å². The molecular weight excluding hydrogens is 458 g/mol. The fraction of sp³-hybridized carbons (Fsp3) is 0.238. The number of carbonyl (C=O) groups is 1. The minimum absolute atomic E-state index is 0.0483. The number of amides is 1. The lowest BCUT2D eigenvalue weighted by Crippen LogP contribution is -2.27. The molecule has 2 aromatic carbocycles. The molecule has 1 fully saturated rings. The molecule has 4 nitrogen and oxygen atoms in total. The third kappa shape index (κ3) is 4.77. The normalized spacial score (nSPS) is 15.6. The molecule has 0 spiro atoms. The Morgan fingerprint density at radius 1 is 1.18 bits per heavy atom. The van der Waals surface area contributed by atoms with Gasteiger partial charge in [0.1, 0.15) is 0 Å². The van der Waals surface area contributed by atoms with Gasteiger partial charge in [0.25, 0.3) is 5.91 Å². The number of ether oxygens (including phenoxy) is 2. The molecule has 1 amide bonds. The molecule has 0 atom stereocenters. The first kappa shape index (κ1) is 20.9. The van der Waals surface area contributed by atoms with E-state index in [1.54, 1.807) is 4.90 Å². The largest absolute Gasteiger partial charge is 0.490 e. The van der Waals surface area contributed by atoms with Gasteiger partial charge in [0.05, 0.1) is 23.3 Å². The molecule has 0 aromatic heterocycles. The highest BCUT2D eigenvalue weighted by Crippen LogP contribution is 2.37. The Bertz CT molecular complexity index is 926. The predicted octanol–water partition coefficient (Wildman–Crippen LogP) is 6.04. The molecule has 0 saturated carbocycles. The first-order valence-electron chi connectivity index (χ1n) is 8.86. The molecule has 0 bridgehead atoms. The van der Waals surface area contributed by atoms with Gasteiger partial charge in [-0.2, -0.15) is 0 Å². The number of benzene rings is 2. The second-order valence-electron chi connectivity index (χ2n) is 6.30. The smallest absolute Gasteiger partial charge is 0.270 e. The summed E-state index contributed by atoms with van der Waals surface area (Å²) in [6.45, 7) is 6.40. The van der Waals surface area contributed by atoms with Gasteiger partial charge >= 0.3 is 0 Å². The molecule has 1 aliphatic heterocycles. The van der Waals surface area contributed by atoms with Crippen LogP contribution in [0.25, 0.3) is 6.08 Å². The van der Waals surface area contributed by atoms with Crippen LogP contribution in [0.3, 0.4) is 0 Å². The zero-order chi connectivity index (χ0) is 20.3. The summed E-state index contributed by atoms with van der Waals surface area (Å²) in [5, 5.41) is 0. The number of anilines is 1. The number of nitrogens with zero attached hydrogens (tertiary/aromatic N) is 1. The Kier molecular flexibility index (Phi) is 6.80. The molecule has 3 rings (SSSR count). The van der Waals surface area contributed by atoms with E-state index >= 15 is 0 Å². The molecule has 7 heteroatoms. The number of thiocarbonyl (C=S) groups is 1. The zero-order valence-electron chi connectivity index (χ0n) is 15.8. The average Bonchev–Trinajstić information content (AvgIpc) is 2.91. The standard InChI is InChI=1S/C21H20BrNO3S2/c1-4-25-18-11-14(5-10-17(18)26-13(2)3)12-19-20(24)23(21(27)28-19)16-8-6-15(22)7-9-16/h5-13H,4H2,1-3H3/b19-12+. The number of thioether (sulfide) groups is 1.